The van der Waals surface area contributed by atoms with Crippen molar-refractivity contribution in [3.8, 4) is 17.2 Å². The van der Waals surface area contributed by atoms with Gasteiger partial charge < -0.3 is 18.6 Å². The monoisotopic (exact) mass is 314 g/mol. The molecule has 23 heavy (non-hydrogen) atoms. The maximum Gasteiger partial charge on any atom is 0.344 e. The van der Waals surface area contributed by atoms with E-state index in [1.807, 2.05) is 26.0 Å². The molecule has 3 aromatic rings. The van der Waals surface area contributed by atoms with Crippen molar-refractivity contribution in [2.24, 2.45) is 0 Å². The predicted molar refractivity (Wildman–Crippen MR) is 89.1 cm³/mol. The van der Waals surface area contributed by atoms with Gasteiger partial charge in [0.25, 0.3) is 0 Å². The molecule has 0 N–H and O–H groups in total. The molecule has 1 heterocycles. The Balaban J connectivity index is 2.67. The van der Waals surface area contributed by atoms with Crippen molar-refractivity contribution in [1.82, 2.24) is 0 Å². The Hall–Kier alpha value is -2.69. The van der Waals surface area contributed by atoms with Gasteiger partial charge in [0, 0.05) is 10.8 Å². The largest absolute Gasteiger partial charge is 0.493 e. The average Bonchev–Trinajstić information content (AvgIpc) is 2.52. The lowest BCUT2D eigenvalue weighted by Crippen LogP contribution is -2.04. The summed E-state index contributed by atoms with van der Waals surface area (Å²) < 4.78 is 21.8. The molecule has 0 radical (unpaired) electrons. The van der Waals surface area contributed by atoms with Gasteiger partial charge in [-0.2, -0.15) is 0 Å². The van der Waals surface area contributed by atoms with E-state index in [4.69, 9.17) is 18.6 Å². The predicted octanol–water partition coefficient (Wildman–Crippen LogP) is 3.59. The molecular weight excluding hydrogens is 296 g/mol. The van der Waals surface area contributed by atoms with Gasteiger partial charge in [0.05, 0.1) is 26.7 Å². The van der Waals surface area contributed by atoms with Crippen LogP contribution in [0.2, 0.25) is 0 Å². The summed E-state index contributed by atoms with van der Waals surface area (Å²) >= 11 is 0. The first-order chi connectivity index (χ1) is 11.0. The Bertz CT molecular complexity index is 969. The lowest BCUT2D eigenvalue weighted by Gasteiger charge is -2.16. The molecule has 0 bridgehead atoms. The Kier molecular flexibility index (Phi) is 3.64. The fourth-order valence-corrected chi connectivity index (χ4v) is 3.05. The van der Waals surface area contributed by atoms with E-state index in [2.05, 4.69) is 0 Å². The second kappa shape index (κ2) is 5.50. The van der Waals surface area contributed by atoms with E-state index in [1.54, 1.807) is 13.2 Å². The molecule has 0 aliphatic rings. The summed E-state index contributed by atoms with van der Waals surface area (Å²) in [7, 11) is 4.60. The summed E-state index contributed by atoms with van der Waals surface area (Å²) in [5.74, 6) is 1.34. The molecule has 2 aromatic carbocycles. The van der Waals surface area contributed by atoms with E-state index < -0.39 is 5.63 Å². The summed E-state index contributed by atoms with van der Waals surface area (Å²) in [6.45, 7) is 3.94. The Morgan fingerprint density at radius 1 is 0.870 bits per heavy atom. The van der Waals surface area contributed by atoms with E-state index in [1.165, 1.54) is 14.2 Å². The van der Waals surface area contributed by atoms with Crippen LogP contribution in [0.25, 0.3) is 21.7 Å². The standard InChI is InChI=1S/C18H18O5/c1-9-6-10(2)14-12(7-9)23-18(19)11-8-13(20-3)16(21-4)17(22-5)15(11)14/h6-8H,1-5H3. The summed E-state index contributed by atoms with van der Waals surface area (Å²) in [6, 6.07) is 5.51. The van der Waals surface area contributed by atoms with Crippen molar-refractivity contribution >= 4 is 21.7 Å². The van der Waals surface area contributed by atoms with Crippen LogP contribution in [0.5, 0.6) is 17.2 Å². The van der Waals surface area contributed by atoms with E-state index in [9.17, 15) is 4.79 Å². The third-order valence-corrected chi connectivity index (χ3v) is 3.95. The van der Waals surface area contributed by atoms with Crippen molar-refractivity contribution in [3.05, 3.63) is 39.7 Å². The van der Waals surface area contributed by atoms with Crippen LogP contribution in [0.3, 0.4) is 0 Å². The summed E-state index contributed by atoms with van der Waals surface area (Å²) in [5, 5.41) is 1.91. The van der Waals surface area contributed by atoms with E-state index in [0.29, 0.717) is 33.6 Å². The zero-order valence-corrected chi connectivity index (χ0v) is 13.8. The van der Waals surface area contributed by atoms with E-state index >= 15 is 0 Å². The van der Waals surface area contributed by atoms with Crippen molar-refractivity contribution in [2.75, 3.05) is 21.3 Å². The SMILES string of the molecule is COc1cc2c(=O)oc3cc(C)cc(C)c3c2c(OC)c1OC. The van der Waals surface area contributed by atoms with Crippen LogP contribution in [0, 0.1) is 13.8 Å². The number of aryl methyl sites for hydroxylation is 2. The summed E-state index contributed by atoms with van der Waals surface area (Å²) in [4.78, 5) is 12.4. The lowest BCUT2D eigenvalue weighted by atomic mass is 10.00. The Morgan fingerprint density at radius 3 is 2.17 bits per heavy atom. The quantitative estimate of drug-likeness (QED) is 0.546. The summed E-state index contributed by atoms with van der Waals surface area (Å²) in [6.07, 6.45) is 0. The van der Waals surface area contributed by atoms with Crippen LogP contribution in [0.1, 0.15) is 11.1 Å². The van der Waals surface area contributed by atoms with Crippen LogP contribution in [-0.4, -0.2) is 21.3 Å². The molecule has 0 unspecified atom stereocenters. The highest BCUT2D eigenvalue weighted by Crippen LogP contribution is 2.45. The molecule has 0 atom stereocenters. The number of hydrogen-bond donors (Lipinski definition) is 0. The number of fused-ring (bicyclic) bond motifs is 3. The molecule has 0 saturated carbocycles. The first-order valence-corrected chi connectivity index (χ1v) is 7.18. The molecule has 0 fully saturated rings. The molecular formula is C18H18O5. The van der Waals surface area contributed by atoms with Gasteiger partial charge in [0.1, 0.15) is 5.58 Å². The van der Waals surface area contributed by atoms with E-state index in [-0.39, 0.29) is 0 Å². The molecule has 120 valence electrons. The van der Waals surface area contributed by atoms with Crippen LogP contribution in [0.15, 0.2) is 27.4 Å². The average molecular weight is 314 g/mol. The van der Waals surface area contributed by atoms with Crippen LogP contribution < -0.4 is 19.8 Å². The lowest BCUT2D eigenvalue weighted by molar-refractivity contribution is 0.327. The van der Waals surface area contributed by atoms with Crippen LogP contribution in [0.4, 0.5) is 0 Å². The summed E-state index contributed by atoms with van der Waals surface area (Å²) in [5.41, 5.74) is 2.12. The van der Waals surface area contributed by atoms with Gasteiger partial charge in [-0.05, 0) is 37.1 Å². The second-order valence-corrected chi connectivity index (χ2v) is 5.41. The molecule has 0 aliphatic heterocycles. The third-order valence-electron chi connectivity index (χ3n) is 3.95. The smallest absolute Gasteiger partial charge is 0.344 e. The molecule has 0 aliphatic carbocycles. The second-order valence-electron chi connectivity index (χ2n) is 5.41. The number of benzene rings is 2. The minimum atomic E-state index is -0.434. The molecule has 0 amide bonds. The van der Waals surface area contributed by atoms with Crippen LogP contribution >= 0.6 is 0 Å². The Morgan fingerprint density at radius 2 is 1.57 bits per heavy atom. The third kappa shape index (κ3) is 2.20. The van der Waals surface area contributed by atoms with Gasteiger partial charge in [0.15, 0.2) is 11.5 Å². The maximum atomic E-state index is 12.4. The van der Waals surface area contributed by atoms with Crippen molar-refractivity contribution < 1.29 is 18.6 Å². The Labute approximate surface area is 133 Å². The maximum absolute atomic E-state index is 12.4. The molecule has 3 rings (SSSR count). The molecule has 0 saturated heterocycles. The molecule has 5 nitrogen and oxygen atoms in total. The first kappa shape index (κ1) is 15.2. The number of methoxy groups -OCH3 is 3. The molecule has 1 aromatic heterocycles. The van der Waals surface area contributed by atoms with Crippen molar-refractivity contribution in [1.29, 1.82) is 0 Å². The number of ether oxygens (including phenoxy) is 3. The van der Waals surface area contributed by atoms with Crippen molar-refractivity contribution in [2.45, 2.75) is 13.8 Å². The fraction of sp³-hybridized carbons (Fsp3) is 0.278. The highest BCUT2D eigenvalue weighted by atomic mass is 16.5. The van der Waals surface area contributed by atoms with Crippen LogP contribution in [-0.2, 0) is 0 Å². The van der Waals surface area contributed by atoms with Crippen molar-refractivity contribution in [3.63, 3.8) is 0 Å². The zero-order chi connectivity index (χ0) is 16.7. The fourth-order valence-electron chi connectivity index (χ4n) is 3.05. The normalized spacial score (nSPS) is 11.0. The van der Waals surface area contributed by atoms with E-state index in [0.717, 1.165) is 16.5 Å². The number of hydrogen-bond acceptors (Lipinski definition) is 5. The van der Waals surface area contributed by atoms with Gasteiger partial charge in [-0.1, -0.05) is 6.07 Å². The van der Waals surface area contributed by atoms with Gasteiger partial charge in [-0.25, -0.2) is 4.79 Å². The van der Waals surface area contributed by atoms with Gasteiger partial charge >= 0.3 is 5.63 Å². The topological polar surface area (TPSA) is 57.9 Å². The first-order valence-electron chi connectivity index (χ1n) is 7.18. The van der Waals surface area contributed by atoms with Gasteiger partial charge in [0.2, 0.25) is 5.75 Å². The van der Waals surface area contributed by atoms with Gasteiger partial charge in [-0.3, -0.25) is 0 Å². The molecule has 0 spiro atoms. The zero-order valence-electron chi connectivity index (χ0n) is 13.8. The minimum absolute atomic E-state index is 0.402. The van der Waals surface area contributed by atoms with Gasteiger partial charge in [-0.15, -0.1) is 0 Å². The highest BCUT2D eigenvalue weighted by Gasteiger charge is 2.21. The minimum Gasteiger partial charge on any atom is -0.493 e. The molecule has 5 heteroatoms. The highest BCUT2D eigenvalue weighted by molar-refractivity contribution is 6.11. The number of rotatable bonds is 3.